The van der Waals surface area contributed by atoms with Crippen molar-refractivity contribution in [1.82, 2.24) is 5.32 Å². The zero-order valence-electron chi connectivity index (χ0n) is 20.5. The van der Waals surface area contributed by atoms with Crippen LogP contribution in [0.2, 0.25) is 0 Å². The number of amides is 1. The van der Waals surface area contributed by atoms with E-state index in [-0.39, 0.29) is 47.3 Å². The molecule has 4 bridgehead atoms. The van der Waals surface area contributed by atoms with Crippen molar-refractivity contribution in [3.05, 3.63) is 101 Å². The summed E-state index contributed by atoms with van der Waals surface area (Å²) in [7, 11) is 0. The lowest BCUT2D eigenvalue weighted by Crippen LogP contribution is -2.61. The SMILES string of the molecule is O=C(c1ccc(C(=O)NC2C3CC4CC2CC(O)(C4)C3)c(OCc2ccccc2)c1)c1ccccc1F. The Morgan fingerprint density at radius 2 is 1.62 bits per heavy atom. The maximum Gasteiger partial charge on any atom is 0.255 e. The normalized spacial score (nSPS) is 27.6. The number of hydrogen-bond donors (Lipinski definition) is 2. The molecule has 3 aromatic carbocycles. The third-order valence-electron chi connectivity index (χ3n) is 8.38. The van der Waals surface area contributed by atoms with E-state index < -0.39 is 17.2 Å². The molecule has 4 aliphatic carbocycles. The smallest absolute Gasteiger partial charge is 0.255 e. The van der Waals surface area contributed by atoms with Crippen LogP contribution in [0.25, 0.3) is 0 Å². The number of halogens is 1. The lowest BCUT2D eigenvalue weighted by Gasteiger charge is -2.58. The zero-order valence-corrected chi connectivity index (χ0v) is 20.5. The third-order valence-corrected chi connectivity index (χ3v) is 8.38. The largest absolute Gasteiger partial charge is 0.488 e. The van der Waals surface area contributed by atoms with Crippen molar-refractivity contribution in [2.45, 2.75) is 50.4 Å². The zero-order chi connectivity index (χ0) is 25.6. The van der Waals surface area contributed by atoms with Crippen LogP contribution in [0.3, 0.4) is 0 Å². The topological polar surface area (TPSA) is 75.6 Å². The molecule has 5 nitrogen and oxygen atoms in total. The minimum absolute atomic E-state index is 0.0195. The molecule has 4 fully saturated rings. The summed E-state index contributed by atoms with van der Waals surface area (Å²) in [5.41, 5.74) is 0.917. The van der Waals surface area contributed by atoms with E-state index in [9.17, 15) is 19.1 Å². The van der Waals surface area contributed by atoms with Crippen LogP contribution in [-0.2, 0) is 6.61 Å². The van der Waals surface area contributed by atoms with Gasteiger partial charge >= 0.3 is 0 Å². The Hall–Kier alpha value is -3.51. The number of ketones is 1. The minimum Gasteiger partial charge on any atom is -0.488 e. The number of aliphatic hydroxyl groups is 1. The van der Waals surface area contributed by atoms with Gasteiger partial charge in [-0.15, -0.1) is 0 Å². The van der Waals surface area contributed by atoms with Crippen LogP contribution in [0.4, 0.5) is 4.39 Å². The van der Waals surface area contributed by atoms with Crippen LogP contribution in [0.15, 0.2) is 72.8 Å². The van der Waals surface area contributed by atoms with Crippen molar-refractivity contribution in [1.29, 1.82) is 0 Å². The maximum atomic E-state index is 14.3. The molecule has 37 heavy (non-hydrogen) atoms. The van der Waals surface area contributed by atoms with Crippen molar-refractivity contribution >= 4 is 11.7 Å². The number of ether oxygens (including phenoxy) is 1. The van der Waals surface area contributed by atoms with Gasteiger partial charge in [-0.3, -0.25) is 9.59 Å². The standard InChI is InChI=1S/C31H30FNO4/c32-26-9-5-4-8-24(26)29(34)21-10-11-25(27(14-21)37-18-19-6-2-1-3-7-19)30(35)33-28-22-12-20-13-23(28)17-31(36,15-20)16-22/h1-11,14,20,22-23,28,36H,12-13,15-18H2,(H,33,35). The van der Waals surface area contributed by atoms with Crippen LogP contribution in [-0.4, -0.2) is 28.4 Å². The van der Waals surface area contributed by atoms with Gasteiger partial charge in [-0.2, -0.15) is 0 Å². The van der Waals surface area contributed by atoms with Gasteiger partial charge in [0.15, 0.2) is 5.78 Å². The van der Waals surface area contributed by atoms with Crippen LogP contribution in [0.5, 0.6) is 5.75 Å². The van der Waals surface area contributed by atoms with Crippen molar-refractivity contribution in [3.8, 4) is 5.75 Å². The Labute approximate surface area is 215 Å². The number of benzene rings is 3. The van der Waals surface area contributed by atoms with E-state index in [1.165, 1.54) is 24.3 Å². The van der Waals surface area contributed by atoms with Crippen molar-refractivity contribution in [2.75, 3.05) is 0 Å². The summed E-state index contributed by atoms with van der Waals surface area (Å²) in [6, 6.07) is 20.1. The van der Waals surface area contributed by atoms with Crippen molar-refractivity contribution < 1.29 is 23.8 Å². The number of rotatable bonds is 7. The Kier molecular flexibility index (Phi) is 6.07. The predicted octanol–water partition coefficient (Wildman–Crippen LogP) is 5.31. The molecule has 0 aliphatic heterocycles. The average molecular weight is 500 g/mol. The van der Waals surface area contributed by atoms with E-state index in [1.807, 2.05) is 30.3 Å². The summed E-state index contributed by atoms with van der Waals surface area (Å²) in [5, 5.41) is 14.1. The number of carbonyl (C=O) groups is 2. The second kappa shape index (κ2) is 9.42. The molecule has 4 saturated carbocycles. The third kappa shape index (κ3) is 4.66. The Morgan fingerprint density at radius 3 is 2.32 bits per heavy atom. The van der Waals surface area contributed by atoms with E-state index in [4.69, 9.17) is 4.74 Å². The minimum atomic E-state index is -0.593. The molecule has 0 heterocycles. The number of hydrogen-bond acceptors (Lipinski definition) is 4. The highest BCUT2D eigenvalue weighted by atomic mass is 19.1. The van der Waals surface area contributed by atoms with E-state index in [2.05, 4.69) is 5.32 Å². The van der Waals surface area contributed by atoms with Gasteiger partial charge in [-0.1, -0.05) is 42.5 Å². The second-order valence-electron chi connectivity index (χ2n) is 11.0. The van der Waals surface area contributed by atoms with Gasteiger partial charge in [0.25, 0.3) is 5.91 Å². The Balaban J connectivity index is 1.27. The summed E-state index contributed by atoms with van der Waals surface area (Å²) in [6.07, 6.45) is 4.43. The van der Waals surface area contributed by atoms with Crippen LogP contribution in [0, 0.1) is 23.6 Å². The highest BCUT2D eigenvalue weighted by Crippen LogP contribution is 2.55. The van der Waals surface area contributed by atoms with Gasteiger partial charge < -0.3 is 15.2 Å². The summed E-state index contributed by atoms with van der Waals surface area (Å²) >= 11 is 0. The summed E-state index contributed by atoms with van der Waals surface area (Å²) < 4.78 is 20.4. The van der Waals surface area contributed by atoms with Crippen LogP contribution < -0.4 is 10.1 Å². The Bertz CT molecular complexity index is 1320. The molecule has 4 aliphatic rings. The fraction of sp³-hybridized carbons (Fsp3) is 0.355. The maximum absolute atomic E-state index is 14.3. The molecule has 0 saturated heterocycles. The fourth-order valence-electron chi connectivity index (χ4n) is 6.95. The monoisotopic (exact) mass is 499 g/mol. The molecule has 0 spiro atoms. The molecular weight excluding hydrogens is 469 g/mol. The molecule has 190 valence electrons. The summed E-state index contributed by atoms with van der Waals surface area (Å²) in [4.78, 5) is 26.6. The average Bonchev–Trinajstić information content (AvgIpc) is 2.89. The van der Waals surface area contributed by atoms with Crippen molar-refractivity contribution in [2.24, 2.45) is 17.8 Å². The number of carbonyl (C=O) groups excluding carboxylic acids is 2. The first-order valence-electron chi connectivity index (χ1n) is 13.0. The van der Waals surface area contributed by atoms with Gasteiger partial charge in [0.1, 0.15) is 18.2 Å². The predicted molar refractivity (Wildman–Crippen MR) is 137 cm³/mol. The summed E-state index contributed by atoms with van der Waals surface area (Å²) in [5.74, 6) is 0.0626. The molecule has 7 rings (SSSR count). The molecular formula is C31H30FNO4. The second-order valence-corrected chi connectivity index (χ2v) is 11.0. The Morgan fingerprint density at radius 1 is 0.919 bits per heavy atom. The molecule has 2 N–H and O–H groups in total. The van der Waals surface area contributed by atoms with E-state index >= 15 is 0 Å². The molecule has 3 aromatic rings. The van der Waals surface area contributed by atoms with Gasteiger partial charge in [-0.25, -0.2) is 4.39 Å². The fourth-order valence-corrected chi connectivity index (χ4v) is 6.95. The molecule has 0 aromatic heterocycles. The molecule has 6 heteroatoms. The van der Waals surface area contributed by atoms with Crippen molar-refractivity contribution in [3.63, 3.8) is 0 Å². The lowest BCUT2D eigenvalue weighted by atomic mass is 9.52. The first-order chi connectivity index (χ1) is 17.9. The molecule has 0 radical (unpaired) electrons. The number of nitrogens with one attached hydrogen (secondary N) is 1. The van der Waals surface area contributed by atoms with Gasteiger partial charge in [0.2, 0.25) is 0 Å². The lowest BCUT2D eigenvalue weighted by molar-refractivity contribution is -0.136. The van der Waals surface area contributed by atoms with E-state index in [0.717, 1.165) is 37.7 Å². The van der Waals surface area contributed by atoms with Crippen LogP contribution in [0.1, 0.15) is 63.9 Å². The quantitative estimate of drug-likeness (QED) is 0.433. The first kappa shape index (κ1) is 23.9. The first-order valence-corrected chi connectivity index (χ1v) is 13.0. The molecule has 1 amide bonds. The molecule has 2 atom stereocenters. The summed E-state index contributed by atoms with van der Waals surface area (Å²) in [6.45, 7) is 0.224. The van der Waals surface area contributed by atoms with Crippen LogP contribution >= 0.6 is 0 Å². The van der Waals surface area contributed by atoms with E-state index in [0.29, 0.717) is 11.5 Å². The van der Waals surface area contributed by atoms with Gasteiger partial charge in [0.05, 0.1) is 16.7 Å². The van der Waals surface area contributed by atoms with Gasteiger partial charge in [-0.05, 0) is 85.8 Å². The highest BCUT2D eigenvalue weighted by Gasteiger charge is 2.55. The van der Waals surface area contributed by atoms with Gasteiger partial charge in [0, 0.05) is 11.6 Å². The van der Waals surface area contributed by atoms with E-state index in [1.54, 1.807) is 18.2 Å². The highest BCUT2D eigenvalue weighted by molar-refractivity contribution is 6.10. The molecule has 2 unspecified atom stereocenters.